The molecule has 2 N–H and O–H groups in total. The zero-order valence-electron chi connectivity index (χ0n) is 13.1. The lowest BCUT2D eigenvalue weighted by Crippen LogP contribution is -2.23. The highest BCUT2D eigenvalue weighted by atomic mass is 79.9. The summed E-state index contributed by atoms with van der Waals surface area (Å²) in [5.74, 6) is -1.46. The second-order valence-electron chi connectivity index (χ2n) is 5.50. The molecular weight excluding hydrogens is 389 g/mol. The molecular formula is C18H15BrFN3O2. The lowest BCUT2D eigenvalue weighted by molar-refractivity contribution is 0.0947. The molecule has 1 heterocycles. The maximum Gasteiger partial charge on any atom is 0.255 e. The monoisotopic (exact) mass is 403 g/mol. The Morgan fingerprint density at radius 3 is 2.76 bits per heavy atom. The number of aromatic nitrogens is 2. The van der Waals surface area contributed by atoms with Gasteiger partial charge in [-0.2, -0.15) is 5.10 Å². The second-order valence-corrected chi connectivity index (χ2v) is 6.35. The van der Waals surface area contributed by atoms with Gasteiger partial charge in [-0.1, -0.05) is 30.3 Å². The third kappa shape index (κ3) is 4.24. The number of phenols is 1. The van der Waals surface area contributed by atoms with E-state index >= 15 is 0 Å². The van der Waals surface area contributed by atoms with Crippen molar-refractivity contribution < 1.29 is 14.3 Å². The van der Waals surface area contributed by atoms with Crippen molar-refractivity contribution >= 4 is 21.8 Å². The SMILES string of the molecule is O=C(NCc1cnn(Cc2ccccc2)c1)c1cc(F)cc(Br)c1O. The molecule has 3 rings (SSSR count). The number of carbonyl (C=O) groups excluding carboxylic acids is 1. The van der Waals surface area contributed by atoms with E-state index < -0.39 is 11.7 Å². The van der Waals surface area contributed by atoms with Crippen molar-refractivity contribution in [2.24, 2.45) is 0 Å². The Kier molecular flexibility index (Phi) is 5.14. The van der Waals surface area contributed by atoms with Crippen LogP contribution in [-0.2, 0) is 13.1 Å². The summed E-state index contributed by atoms with van der Waals surface area (Å²) >= 11 is 3.01. The number of halogens is 2. The molecule has 1 amide bonds. The molecule has 0 unspecified atom stereocenters. The van der Waals surface area contributed by atoms with Gasteiger partial charge in [-0.15, -0.1) is 0 Å². The van der Waals surface area contributed by atoms with Crippen LogP contribution >= 0.6 is 15.9 Å². The van der Waals surface area contributed by atoms with Crippen molar-refractivity contribution in [3.05, 3.63) is 81.8 Å². The van der Waals surface area contributed by atoms with E-state index in [9.17, 15) is 14.3 Å². The normalized spacial score (nSPS) is 10.6. The lowest BCUT2D eigenvalue weighted by Gasteiger charge is -2.07. The van der Waals surface area contributed by atoms with Crippen LogP contribution in [0.15, 0.2) is 59.3 Å². The maximum atomic E-state index is 13.4. The Morgan fingerprint density at radius 2 is 2.00 bits per heavy atom. The molecule has 0 bridgehead atoms. The molecule has 0 aliphatic carbocycles. The predicted molar refractivity (Wildman–Crippen MR) is 94.7 cm³/mol. The van der Waals surface area contributed by atoms with Crippen LogP contribution in [-0.4, -0.2) is 20.8 Å². The van der Waals surface area contributed by atoms with Gasteiger partial charge >= 0.3 is 0 Å². The van der Waals surface area contributed by atoms with E-state index in [0.717, 1.165) is 23.3 Å². The van der Waals surface area contributed by atoms with Crippen molar-refractivity contribution in [1.29, 1.82) is 0 Å². The van der Waals surface area contributed by atoms with E-state index in [4.69, 9.17) is 0 Å². The van der Waals surface area contributed by atoms with Crippen molar-refractivity contribution in [3.63, 3.8) is 0 Å². The Hall–Kier alpha value is -2.67. The number of hydrogen-bond acceptors (Lipinski definition) is 3. The van der Waals surface area contributed by atoms with Crippen LogP contribution < -0.4 is 5.32 Å². The first-order chi connectivity index (χ1) is 12.0. The smallest absolute Gasteiger partial charge is 0.255 e. The number of nitrogens with zero attached hydrogens (tertiary/aromatic N) is 2. The van der Waals surface area contributed by atoms with Crippen LogP contribution in [0.1, 0.15) is 21.5 Å². The summed E-state index contributed by atoms with van der Waals surface area (Å²) in [5, 5.41) is 16.8. The Labute approximate surface area is 152 Å². The van der Waals surface area contributed by atoms with Gasteiger partial charge in [0, 0.05) is 18.3 Å². The van der Waals surface area contributed by atoms with Crippen molar-refractivity contribution in [3.8, 4) is 5.75 Å². The Balaban J connectivity index is 1.63. The van der Waals surface area contributed by atoms with Gasteiger partial charge in [-0.25, -0.2) is 4.39 Å². The predicted octanol–water partition coefficient (Wildman–Crippen LogP) is 3.47. The second kappa shape index (κ2) is 7.48. The molecule has 1 aromatic heterocycles. The van der Waals surface area contributed by atoms with E-state index in [1.54, 1.807) is 10.9 Å². The van der Waals surface area contributed by atoms with Crippen LogP contribution in [0.5, 0.6) is 5.75 Å². The minimum absolute atomic E-state index is 0.122. The highest BCUT2D eigenvalue weighted by Gasteiger charge is 2.15. The molecule has 0 fully saturated rings. The summed E-state index contributed by atoms with van der Waals surface area (Å²) in [4.78, 5) is 12.2. The quantitative estimate of drug-likeness (QED) is 0.685. The summed E-state index contributed by atoms with van der Waals surface area (Å²) in [5.41, 5.74) is 1.80. The minimum atomic E-state index is -0.606. The van der Waals surface area contributed by atoms with Gasteiger partial charge in [-0.3, -0.25) is 9.48 Å². The first-order valence-electron chi connectivity index (χ1n) is 7.54. The number of carbonyl (C=O) groups is 1. The molecule has 7 heteroatoms. The van der Waals surface area contributed by atoms with E-state index in [0.29, 0.717) is 6.54 Å². The Bertz CT molecular complexity index is 897. The van der Waals surface area contributed by atoms with Crippen LogP contribution in [0.4, 0.5) is 4.39 Å². The fourth-order valence-corrected chi connectivity index (χ4v) is 2.80. The molecule has 2 aromatic carbocycles. The minimum Gasteiger partial charge on any atom is -0.506 e. The average molecular weight is 404 g/mol. The fourth-order valence-electron chi connectivity index (χ4n) is 2.37. The topological polar surface area (TPSA) is 67.2 Å². The van der Waals surface area contributed by atoms with E-state index in [1.807, 2.05) is 36.5 Å². The molecule has 25 heavy (non-hydrogen) atoms. The number of aromatic hydroxyl groups is 1. The van der Waals surface area contributed by atoms with Crippen LogP contribution in [0.2, 0.25) is 0 Å². The zero-order valence-corrected chi connectivity index (χ0v) is 14.7. The van der Waals surface area contributed by atoms with E-state index in [2.05, 4.69) is 26.3 Å². The molecule has 128 valence electrons. The molecule has 0 aliphatic heterocycles. The van der Waals surface area contributed by atoms with Gasteiger partial charge in [0.2, 0.25) is 0 Å². The van der Waals surface area contributed by atoms with Crippen LogP contribution in [0, 0.1) is 5.82 Å². The summed E-state index contributed by atoms with van der Waals surface area (Å²) in [6.07, 6.45) is 3.49. The average Bonchev–Trinajstić information content (AvgIpc) is 3.04. The lowest BCUT2D eigenvalue weighted by atomic mass is 10.2. The molecule has 0 radical (unpaired) electrons. The fraction of sp³-hybridized carbons (Fsp3) is 0.111. The number of amides is 1. The van der Waals surface area contributed by atoms with E-state index in [1.165, 1.54) is 0 Å². The first kappa shape index (κ1) is 17.2. The van der Waals surface area contributed by atoms with Crippen molar-refractivity contribution in [2.75, 3.05) is 0 Å². The number of benzene rings is 2. The third-order valence-corrected chi connectivity index (χ3v) is 4.20. The highest BCUT2D eigenvalue weighted by molar-refractivity contribution is 9.10. The summed E-state index contributed by atoms with van der Waals surface area (Å²) < 4.78 is 15.3. The zero-order chi connectivity index (χ0) is 17.8. The molecule has 0 saturated heterocycles. The van der Waals surface area contributed by atoms with Crippen LogP contribution in [0.25, 0.3) is 0 Å². The van der Waals surface area contributed by atoms with Gasteiger partial charge in [0.05, 0.1) is 22.8 Å². The van der Waals surface area contributed by atoms with Gasteiger partial charge in [-0.05, 0) is 33.6 Å². The first-order valence-corrected chi connectivity index (χ1v) is 8.33. The van der Waals surface area contributed by atoms with Crippen LogP contribution in [0.3, 0.4) is 0 Å². The molecule has 0 saturated carbocycles. The third-order valence-electron chi connectivity index (χ3n) is 3.60. The number of nitrogens with one attached hydrogen (secondary N) is 1. The number of rotatable bonds is 5. The van der Waals surface area contributed by atoms with Gasteiger partial charge < -0.3 is 10.4 Å². The van der Waals surface area contributed by atoms with Crippen molar-refractivity contribution in [1.82, 2.24) is 15.1 Å². The summed E-state index contributed by atoms with van der Waals surface area (Å²) in [6.45, 7) is 0.855. The Morgan fingerprint density at radius 1 is 1.24 bits per heavy atom. The van der Waals surface area contributed by atoms with Gasteiger partial charge in [0.15, 0.2) is 0 Å². The van der Waals surface area contributed by atoms with Crippen molar-refractivity contribution in [2.45, 2.75) is 13.1 Å². The standard InChI is InChI=1S/C18H15BrFN3O2/c19-16-7-14(20)6-15(17(16)24)18(25)21-8-13-9-22-23(11-13)10-12-4-2-1-3-5-12/h1-7,9,11,24H,8,10H2,(H,21,25). The van der Waals surface area contributed by atoms with Gasteiger partial charge in [0.1, 0.15) is 11.6 Å². The highest BCUT2D eigenvalue weighted by Crippen LogP contribution is 2.28. The number of phenolic OH excluding ortho intramolecular Hbond substituents is 1. The number of hydrogen-bond donors (Lipinski definition) is 2. The summed E-state index contributed by atoms with van der Waals surface area (Å²) in [7, 11) is 0. The summed E-state index contributed by atoms with van der Waals surface area (Å²) in [6, 6.07) is 12.0. The molecule has 0 atom stereocenters. The molecule has 5 nitrogen and oxygen atoms in total. The maximum absolute atomic E-state index is 13.4. The molecule has 0 aliphatic rings. The molecule has 3 aromatic rings. The van der Waals surface area contributed by atoms with E-state index in [-0.39, 0.29) is 22.3 Å². The molecule has 0 spiro atoms. The largest absolute Gasteiger partial charge is 0.506 e. The van der Waals surface area contributed by atoms with Gasteiger partial charge in [0.25, 0.3) is 5.91 Å².